The highest BCUT2D eigenvalue weighted by atomic mass is 16.2. The van der Waals surface area contributed by atoms with Gasteiger partial charge in [0, 0.05) is 12.5 Å². The molecule has 1 fully saturated rings. The van der Waals surface area contributed by atoms with Crippen molar-refractivity contribution in [2.45, 2.75) is 18.9 Å². The van der Waals surface area contributed by atoms with Gasteiger partial charge < -0.3 is 10.6 Å². The van der Waals surface area contributed by atoms with Gasteiger partial charge in [-0.25, -0.2) is 0 Å². The number of hydrogen-bond acceptors (Lipinski definition) is 2. The summed E-state index contributed by atoms with van der Waals surface area (Å²) >= 11 is 0. The fourth-order valence-electron chi connectivity index (χ4n) is 3.94. The van der Waals surface area contributed by atoms with E-state index in [1.165, 1.54) is 0 Å². The van der Waals surface area contributed by atoms with Gasteiger partial charge in [-0.1, -0.05) is 72.8 Å². The zero-order chi connectivity index (χ0) is 18.8. The lowest BCUT2D eigenvalue weighted by molar-refractivity contribution is -0.133. The SMILES string of the molecule is C[C@@H](NC(=O)C1C(=O)NCC1c1ccccc1)c1cccc2ccccc12. The molecular weight excluding hydrogens is 336 g/mol. The number of amides is 2. The van der Waals surface area contributed by atoms with Crippen molar-refractivity contribution >= 4 is 22.6 Å². The van der Waals surface area contributed by atoms with E-state index in [2.05, 4.69) is 28.8 Å². The lowest BCUT2D eigenvalue weighted by Gasteiger charge is -2.21. The van der Waals surface area contributed by atoms with Crippen molar-refractivity contribution in [1.29, 1.82) is 0 Å². The summed E-state index contributed by atoms with van der Waals surface area (Å²) in [5, 5.41) is 8.15. The van der Waals surface area contributed by atoms with Crippen molar-refractivity contribution in [3.8, 4) is 0 Å². The van der Waals surface area contributed by atoms with Crippen LogP contribution in [0.4, 0.5) is 0 Å². The fraction of sp³-hybridized carbons (Fsp3) is 0.217. The largest absolute Gasteiger partial charge is 0.355 e. The van der Waals surface area contributed by atoms with Crippen LogP contribution in [-0.2, 0) is 9.59 Å². The maximum atomic E-state index is 13.0. The molecule has 0 aliphatic carbocycles. The summed E-state index contributed by atoms with van der Waals surface area (Å²) in [6.45, 7) is 2.45. The Hall–Kier alpha value is -3.14. The first-order valence-electron chi connectivity index (χ1n) is 9.26. The van der Waals surface area contributed by atoms with Crippen LogP contribution < -0.4 is 10.6 Å². The first kappa shape index (κ1) is 17.3. The number of hydrogen-bond donors (Lipinski definition) is 2. The molecule has 1 aliphatic heterocycles. The van der Waals surface area contributed by atoms with Crippen LogP contribution in [0.1, 0.15) is 30.0 Å². The quantitative estimate of drug-likeness (QED) is 0.701. The molecule has 0 saturated carbocycles. The lowest BCUT2D eigenvalue weighted by atomic mass is 9.87. The smallest absolute Gasteiger partial charge is 0.233 e. The van der Waals surface area contributed by atoms with Crippen molar-refractivity contribution in [2.75, 3.05) is 6.54 Å². The number of nitrogens with one attached hydrogen (secondary N) is 2. The summed E-state index contributed by atoms with van der Waals surface area (Å²) in [6.07, 6.45) is 0. The molecule has 0 radical (unpaired) electrons. The van der Waals surface area contributed by atoms with Gasteiger partial charge in [-0.15, -0.1) is 0 Å². The van der Waals surface area contributed by atoms with Gasteiger partial charge in [0.15, 0.2) is 0 Å². The topological polar surface area (TPSA) is 58.2 Å². The molecule has 27 heavy (non-hydrogen) atoms. The van der Waals surface area contributed by atoms with Gasteiger partial charge in [0.05, 0.1) is 6.04 Å². The number of fused-ring (bicyclic) bond motifs is 1. The van der Waals surface area contributed by atoms with Crippen molar-refractivity contribution in [1.82, 2.24) is 10.6 Å². The Morgan fingerprint density at radius 3 is 2.52 bits per heavy atom. The Morgan fingerprint density at radius 2 is 1.70 bits per heavy atom. The van der Waals surface area contributed by atoms with Gasteiger partial charge in [-0.3, -0.25) is 9.59 Å². The third-order valence-corrected chi connectivity index (χ3v) is 5.34. The summed E-state index contributed by atoms with van der Waals surface area (Å²) in [5.41, 5.74) is 2.06. The Morgan fingerprint density at radius 1 is 1.00 bits per heavy atom. The van der Waals surface area contributed by atoms with E-state index in [-0.39, 0.29) is 23.8 Å². The van der Waals surface area contributed by atoms with Crippen molar-refractivity contribution in [3.63, 3.8) is 0 Å². The van der Waals surface area contributed by atoms with E-state index >= 15 is 0 Å². The van der Waals surface area contributed by atoms with Crippen molar-refractivity contribution in [3.05, 3.63) is 83.9 Å². The summed E-state index contributed by atoms with van der Waals surface area (Å²) in [6, 6.07) is 23.8. The maximum Gasteiger partial charge on any atom is 0.233 e. The molecule has 4 rings (SSSR count). The molecule has 1 heterocycles. The molecule has 0 aromatic heterocycles. The van der Waals surface area contributed by atoms with E-state index in [1.54, 1.807) is 0 Å². The van der Waals surface area contributed by atoms with Crippen LogP contribution in [0.25, 0.3) is 10.8 Å². The highest BCUT2D eigenvalue weighted by molar-refractivity contribution is 6.03. The van der Waals surface area contributed by atoms with Gasteiger partial charge in [-0.2, -0.15) is 0 Å². The second-order valence-electron chi connectivity index (χ2n) is 7.04. The lowest BCUT2D eigenvalue weighted by Crippen LogP contribution is -2.38. The predicted molar refractivity (Wildman–Crippen MR) is 106 cm³/mol. The Kier molecular flexibility index (Phi) is 4.63. The van der Waals surface area contributed by atoms with Crippen LogP contribution >= 0.6 is 0 Å². The first-order chi connectivity index (χ1) is 13.1. The van der Waals surface area contributed by atoms with Gasteiger partial charge in [0.1, 0.15) is 5.92 Å². The molecule has 2 amide bonds. The van der Waals surface area contributed by atoms with Gasteiger partial charge >= 0.3 is 0 Å². The molecule has 2 N–H and O–H groups in total. The highest BCUT2D eigenvalue weighted by Gasteiger charge is 2.41. The minimum Gasteiger partial charge on any atom is -0.355 e. The van der Waals surface area contributed by atoms with Gasteiger partial charge in [-0.05, 0) is 28.8 Å². The Bertz CT molecular complexity index is 979. The van der Waals surface area contributed by atoms with E-state index in [0.717, 1.165) is 21.9 Å². The first-order valence-corrected chi connectivity index (χ1v) is 9.26. The Balaban J connectivity index is 1.58. The van der Waals surface area contributed by atoms with Crippen LogP contribution in [0, 0.1) is 5.92 Å². The van der Waals surface area contributed by atoms with Gasteiger partial charge in [0.2, 0.25) is 11.8 Å². The number of rotatable bonds is 4. The standard InChI is InChI=1S/C23H22N2O2/c1-15(18-13-7-11-16-10-5-6-12-19(16)18)25-23(27)21-20(14-24-22(21)26)17-8-3-2-4-9-17/h2-13,15,20-21H,14H2,1H3,(H,24,26)(H,25,27)/t15-,20?,21?/m1/s1. The zero-order valence-corrected chi connectivity index (χ0v) is 15.2. The molecule has 0 bridgehead atoms. The van der Waals surface area contributed by atoms with E-state index < -0.39 is 5.92 Å². The molecule has 2 unspecified atom stereocenters. The van der Waals surface area contributed by atoms with E-state index in [1.807, 2.05) is 61.5 Å². The maximum absolute atomic E-state index is 13.0. The molecule has 3 atom stereocenters. The molecule has 136 valence electrons. The van der Waals surface area contributed by atoms with E-state index in [9.17, 15) is 9.59 Å². The molecule has 1 saturated heterocycles. The summed E-state index contributed by atoms with van der Waals surface area (Å²) in [5.74, 6) is -1.27. The van der Waals surface area contributed by atoms with Crippen LogP contribution in [0.2, 0.25) is 0 Å². The van der Waals surface area contributed by atoms with E-state index in [4.69, 9.17) is 0 Å². The minimum atomic E-state index is -0.704. The van der Waals surface area contributed by atoms with Crippen LogP contribution in [0.3, 0.4) is 0 Å². The molecule has 0 spiro atoms. The van der Waals surface area contributed by atoms with Crippen LogP contribution in [-0.4, -0.2) is 18.4 Å². The predicted octanol–water partition coefficient (Wildman–Crippen LogP) is 3.55. The summed E-state index contributed by atoms with van der Waals surface area (Å²) in [7, 11) is 0. The second kappa shape index (κ2) is 7.23. The third kappa shape index (κ3) is 3.31. The summed E-state index contributed by atoms with van der Waals surface area (Å²) < 4.78 is 0. The van der Waals surface area contributed by atoms with E-state index in [0.29, 0.717) is 6.54 Å². The highest BCUT2D eigenvalue weighted by Crippen LogP contribution is 2.30. The van der Waals surface area contributed by atoms with Crippen molar-refractivity contribution in [2.24, 2.45) is 5.92 Å². The average Bonchev–Trinajstić information content (AvgIpc) is 3.09. The zero-order valence-electron chi connectivity index (χ0n) is 15.2. The molecule has 4 heteroatoms. The molecule has 3 aromatic rings. The van der Waals surface area contributed by atoms with Crippen LogP contribution in [0.5, 0.6) is 0 Å². The van der Waals surface area contributed by atoms with Crippen LogP contribution in [0.15, 0.2) is 72.8 Å². The molecule has 4 nitrogen and oxygen atoms in total. The number of carbonyl (C=O) groups is 2. The monoisotopic (exact) mass is 358 g/mol. The molecular formula is C23H22N2O2. The minimum absolute atomic E-state index is 0.140. The van der Waals surface area contributed by atoms with Gasteiger partial charge in [0.25, 0.3) is 0 Å². The molecule has 3 aromatic carbocycles. The molecule has 1 aliphatic rings. The summed E-state index contributed by atoms with van der Waals surface area (Å²) in [4.78, 5) is 25.3. The number of benzene rings is 3. The normalized spacial score (nSPS) is 20.3. The fourth-order valence-corrected chi connectivity index (χ4v) is 3.94. The Labute approximate surface area is 158 Å². The number of carbonyl (C=O) groups excluding carboxylic acids is 2. The average molecular weight is 358 g/mol. The van der Waals surface area contributed by atoms with Crippen molar-refractivity contribution < 1.29 is 9.59 Å². The second-order valence-corrected chi connectivity index (χ2v) is 7.04. The third-order valence-electron chi connectivity index (χ3n) is 5.34.